The second-order valence-corrected chi connectivity index (χ2v) is 11.3. The highest BCUT2D eigenvalue weighted by Gasteiger charge is 2.47. The van der Waals surface area contributed by atoms with Crippen molar-refractivity contribution in [1.29, 1.82) is 0 Å². The summed E-state index contributed by atoms with van der Waals surface area (Å²) in [6, 6.07) is 12.2. The Labute approximate surface area is 257 Å². The molecule has 3 aromatic heterocycles. The van der Waals surface area contributed by atoms with Crippen molar-refractivity contribution in [2.75, 3.05) is 6.61 Å². The average Bonchev–Trinajstić information content (AvgIpc) is 3.66. The Balaban J connectivity index is 1.50. The minimum absolute atomic E-state index is 0.00356. The van der Waals surface area contributed by atoms with Gasteiger partial charge in [0.15, 0.2) is 6.23 Å². The number of aliphatic hydroxyl groups is 4. The summed E-state index contributed by atoms with van der Waals surface area (Å²) in [4.78, 5) is 35.6. The van der Waals surface area contributed by atoms with E-state index in [0.29, 0.717) is 32.8 Å². The molecule has 3 aromatic carbocycles. The number of amides is 2. The number of imide groups is 1. The zero-order valence-corrected chi connectivity index (χ0v) is 23.6. The summed E-state index contributed by atoms with van der Waals surface area (Å²) < 4.78 is 7.44. The zero-order chi connectivity index (χ0) is 32.0. The second kappa shape index (κ2) is 10.1. The molecule has 1 saturated heterocycles. The highest BCUT2D eigenvalue weighted by Crippen LogP contribution is 2.48. The van der Waals surface area contributed by atoms with Gasteiger partial charge >= 0.3 is 0 Å². The summed E-state index contributed by atoms with van der Waals surface area (Å²) in [5, 5.41) is 69.7. The van der Waals surface area contributed by atoms with Gasteiger partial charge in [0, 0.05) is 51.6 Å². The van der Waals surface area contributed by atoms with Gasteiger partial charge in [-0.3, -0.25) is 14.6 Å². The van der Waals surface area contributed by atoms with Crippen molar-refractivity contribution in [1.82, 2.24) is 19.5 Å². The lowest BCUT2D eigenvalue weighted by molar-refractivity contribution is -0.249. The van der Waals surface area contributed by atoms with Crippen LogP contribution in [-0.4, -0.2) is 99.2 Å². The number of carbonyl (C=O) groups excluding carboxylic acids is 2. The van der Waals surface area contributed by atoms with Crippen LogP contribution in [0.1, 0.15) is 32.5 Å². The molecule has 1 fully saturated rings. The summed E-state index contributed by atoms with van der Waals surface area (Å²) in [6.07, 6.45) is -3.37. The van der Waals surface area contributed by atoms with Gasteiger partial charge in [-0.2, -0.15) is 10.1 Å². The topological polar surface area (TPSA) is 214 Å². The van der Waals surface area contributed by atoms with E-state index >= 15 is 0 Å². The molecule has 2 amide bonds. The minimum atomic E-state index is -1.73. The molecule has 0 bridgehead atoms. The fourth-order valence-electron chi connectivity index (χ4n) is 6.64. The van der Waals surface area contributed by atoms with Crippen molar-refractivity contribution >= 4 is 61.6 Å². The van der Waals surface area contributed by atoms with E-state index in [1.54, 1.807) is 30.5 Å². The Morgan fingerprint density at radius 2 is 1.63 bits per heavy atom. The monoisotopic (exact) mass is 623 g/mol. The molecule has 2 aliphatic heterocycles. The molecule has 6 aromatic rings. The molecule has 5 heterocycles. The van der Waals surface area contributed by atoms with Crippen molar-refractivity contribution in [3.05, 3.63) is 77.6 Å². The number of H-pyrrole nitrogens is 1. The van der Waals surface area contributed by atoms with Crippen molar-refractivity contribution in [2.45, 2.75) is 30.6 Å². The quantitative estimate of drug-likeness (QED) is 0.112. The lowest BCUT2D eigenvalue weighted by Crippen LogP contribution is -2.56. The van der Waals surface area contributed by atoms with Gasteiger partial charge in [-0.25, -0.2) is 0 Å². The van der Waals surface area contributed by atoms with E-state index < -0.39 is 49.1 Å². The molecular weight excluding hydrogens is 598 g/mol. The van der Waals surface area contributed by atoms with Crippen LogP contribution >= 0.6 is 0 Å². The molecular formula is C32H25N5O9. The van der Waals surface area contributed by atoms with E-state index in [1.807, 2.05) is 0 Å². The SMILES string of the molecule is O=C1c2c(c3c4ccc(O)cc4n([C@@H]4O[C@H](CO)[C@@H](O)[C@H](O)[C@H]4O)c3c3[nH]c4cc(O)ccc4c23)C(=O)N1/N=C/c1cccnc1. The van der Waals surface area contributed by atoms with Crippen molar-refractivity contribution < 1.29 is 45.0 Å². The van der Waals surface area contributed by atoms with Crippen LogP contribution in [0.5, 0.6) is 11.5 Å². The predicted molar refractivity (Wildman–Crippen MR) is 163 cm³/mol. The number of ether oxygens (including phenoxy) is 1. The molecule has 5 atom stereocenters. The first-order valence-electron chi connectivity index (χ1n) is 14.3. The van der Waals surface area contributed by atoms with Gasteiger partial charge in [-0.05, 0) is 30.3 Å². The summed E-state index contributed by atoms with van der Waals surface area (Å²) in [6.45, 7) is -0.683. The van der Waals surface area contributed by atoms with E-state index in [2.05, 4.69) is 15.1 Å². The number of hydrazone groups is 1. The third kappa shape index (κ3) is 3.82. The Kier molecular flexibility index (Phi) is 6.15. The molecule has 0 radical (unpaired) electrons. The number of aromatic amines is 1. The highest BCUT2D eigenvalue weighted by atomic mass is 16.6. The first-order chi connectivity index (χ1) is 22.2. The fourth-order valence-corrected chi connectivity index (χ4v) is 6.64. The van der Waals surface area contributed by atoms with E-state index in [9.17, 15) is 40.2 Å². The number of pyridine rings is 1. The third-order valence-corrected chi connectivity index (χ3v) is 8.70. The minimum Gasteiger partial charge on any atom is -0.508 e. The van der Waals surface area contributed by atoms with Crippen LogP contribution in [0.3, 0.4) is 0 Å². The number of carbonyl (C=O) groups is 2. The predicted octanol–water partition coefficient (Wildman–Crippen LogP) is 1.84. The maximum atomic E-state index is 14.2. The number of phenolic OH excluding ortho intramolecular Hbond substituents is 2. The molecule has 46 heavy (non-hydrogen) atoms. The number of aromatic nitrogens is 3. The lowest BCUT2D eigenvalue weighted by atomic mass is 9.96. The number of phenols is 2. The van der Waals surface area contributed by atoms with Gasteiger partial charge in [0.1, 0.15) is 35.9 Å². The second-order valence-electron chi connectivity index (χ2n) is 11.3. The highest BCUT2D eigenvalue weighted by molar-refractivity contribution is 6.39. The normalized spacial score (nSPS) is 23.6. The number of nitrogens with one attached hydrogen (secondary N) is 1. The van der Waals surface area contributed by atoms with Gasteiger partial charge in [-0.1, -0.05) is 6.07 Å². The number of benzene rings is 3. The van der Waals surface area contributed by atoms with Crippen LogP contribution in [0.25, 0.3) is 43.6 Å². The van der Waals surface area contributed by atoms with Gasteiger partial charge in [0.05, 0.1) is 46.0 Å². The molecule has 0 aliphatic carbocycles. The van der Waals surface area contributed by atoms with Gasteiger partial charge in [0.25, 0.3) is 11.8 Å². The lowest BCUT2D eigenvalue weighted by Gasteiger charge is -2.41. The molecule has 0 unspecified atom stereocenters. The largest absolute Gasteiger partial charge is 0.508 e. The molecule has 0 saturated carbocycles. The van der Waals surface area contributed by atoms with Crippen molar-refractivity contribution in [3.63, 3.8) is 0 Å². The standard InChI is InChI=1S/C32H25N5O9/c38-12-20-27(41)28(42)29(43)32(46-20)36-19-9-15(40)4-6-17(19)22-24-23(21-16-5-3-14(39)8-18(16)35-25(21)26(22)36)30(44)37(31(24)45)34-11-13-2-1-7-33-10-13/h1-11,20,27-29,32,35,38-43H,12H2/b34-11+/t20-,27-,28+,29-,32-/m1/s1. The summed E-state index contributed by atoms with van der Waals surface area (Å²) in [5.74, 6) is -1.66. The number of hydrogen-bond acceptors (Lipinski definition) is 11. The Morgan fingerprint density at radius 3 is 2.35 bits per heavy atom. The average molecular weight is 624 g/mol. The Bertz CT molecular complexity index is 2280. The summed E-state index contributed by atoms with van der Waals surface area (Å²) in [7, 11) is 0. The molecule has 8 rings (SSSR count). The molecule has 7 N–H and O–H groups in total. The van der Waals surface area contributed by atoms with Gasteiger partial charge in [-0.15, -0.1) is 0 Å². The smallest absolute Gasteiger partial charge is 0.283 e. The first kappa shape index (κ1) is 28.1. The number of rotatable bonds is 4. The molecule has 0 spiro atoms. The number of fused-ring (bicyclic) bond motifs is 10. The number of nitrogens with zero attached hydrogens (tertiary/aromatic N) is 4. The van der Waals surface area contributed by atoms with Crippen LogP contribution in [-0.2, 0) is 4.74 Å². The molecule has 2 aliphatic rings. The van der Waals surface area contributed by atoms with E-state index in [-0.39, 0.29) is 39.0 Å². The molecule has 14 heteroatoms. The maximum absolute atomic E-state index is 14.2. The van der Waals surface area contributed by atoms with Crippen LogP contribution in [0.4, 0.5) is 0 Å². The van der Waals surface area contributed by atoms with Gasteiger partial charge < -0.3 is 44.9 Å². The van der Waals surface area contributed by atoms with Crippen molar-refractivity contribution in [2.24, 2.45) is 5.10 Å². The zero-order valence-electron chi connectivity index (χ0n) is 23.6. The van der Waals surface area contributed by atoms with Crippen LogP contribution in [0, 0.1) is 0 Å². The van der Waals surface area contributed by atoms with E-state index in [4.69, 9.17) is 4.74 Å². The molecule has 232 valence electrons. The summed E-state index contributed by atoms with van der Waals surface area (Å²) >= 11 is 0. The maximum Gasteiger partial charge on any atom is 0.283 e. The Morgan fingerprint density at radius 1 is 0.913 bits per heavy atom. The number of aliphatic hydroxyl groups excluding tert-OH is 4. The third-order valence-electron chi connectivity index (χ3n) is 8.70. The van der Waals surface area contributed by atoms with Gasteiger partial charge in [0.2, 0.25) is 0 Å². The number of aromatic hydroxyl groups is 2. The summed E-state index contributed by atoms with van der Waals surface area (Å²) in [5.41, 5.74) is 1.86. The van der Waals surface area contributed by atoms with Crippen LogP contribution < -0.4 is 0 Å². The molecule has 14 nitrogen and oxygen atoms in total. The first-order valence-corrected chi connectivity index (χ1v) is 14.3. The Hall–Kier alpha value is -5.38. The van der Waals surface area contributed by atoms with E-state index in [1.165, 1.54) is 41.2 Å². The van der Waals surface area contributed by atoms with E-state index in [0.717, 1.165) is 5.01 Å². The van der Waals surface area contributed by atoms with Crippen LogP contribution in [0.15, 0.2) is 66.0 Å². The van der Waals surface area contributed by atoms with Crippen molar-refractivity contribution in [3.8, 4) is 11.5 Å². The van der Waals surface area contributed by atoms with Crippen LogP contribution in [0.2, 0.25) is 0 Å². The number of hydrogen-bond donors (Lipinski definition) is 7. The fraction of sp³-hybridized carbons (Fsp3) is 0.188.